The Labute approximate surface area is 338 Å². The molecule has 1 aromatic heterocycles. The molecule has 272 valence electrons. The van der Waals surface area contributed by atoms with Gasteiger partial charge in [-0.1, -0.05) is 176 Å². The SMILES string of the molecule is c1ccc(-c2ccc(N(c3ccc(-c4ccccc4)cc3)c3ccc(-c4c5ccccc5cc5c6ccc7ccccc7c6n(-c6ccccc6)c45)cc3)cc2)cc1. The fourth-order valence-corrected chi connectivity index (χ4v) is 8.82. The van der Waals surface area contributed by atoms with E-state index in [4.69, 9.17) is 0 Å². The normalized spacial score (nSPS) is 11.4. The first kappa shape index (κ1) is 33.6. The summed E-state index contributed by atoms with van der Waals surface area (Å²) in [6.07, 6.45) is 0. The Balaban J connectivity index is 1.11. The van der Waals surface area contributed by atoms with Crippen molar-refractivity contribution in [3.8, 4) is 39.1 Å². The molecule has 0 radical (unpaired) electrons. The molecule has 0 aliphatic heterocycles. The van der Waals surface area contributed by atoms with Gasteiger partial charge >= 0.3 is 0 Å². The van der Waals surface area contributed by atoms with E-state index in [0.717, 1.165) is 22.7 Å². The molecule has 1 heterocycles. The second-order valence-corrected chi connectivity index (χ2v) is 14.9. The van der Waals surface area contributed by atoms with Crippen molar-refractivity contribution in [3.05, 3.63) is 231 Å². The van der Waals surface area contributed by atoms with Crippen molar-refractivity contribution in [3.63, 3.8) is 0 Å². The molecule has 0 fully saturated rings. The lowest BCUT2D eigenvalue weighted by Gasteiger charge is -2.26. The highest BCUT2D eigenvalue weighted by Gasteiger charge is 2.22. The minimum Gasteiger partial charge on any atom is -0.311 e. The number of anilines is 3. The number of fused-ring (bicyclic) bond motifs is 6. The molecule has 58 heavy (non-hydrogen) atoms. The van der Waals surface area contributed by atoms with Gasteiger partial charge in [-0.15, -0.1) is 0 Å². The van der Waals surface area contributed by atoms with E-state index in [-0.39, 0.29) is 0 Å². The molecule has 0 bridgehead atoms. The van der Waals surface area contributed by atoms with Crippen molar-refractivity contribution in [2.24, 2.45) is 0 Å². The van der Waals surface area contributed by atoms with Crippen LogP contribution in [0.1, 0.15) is 0 Å². The fourth-order valence-electron chi connectivity index (χ4n) is 8.82. The van der Waals surface area contributed by atoms with Crippen LogP contribution in [0.25, 0.3) is 82.4 Å². The molecular weight excluding hydrogens is 701 g/mol. The van der Waals surface area contributed by atoms with Crippen LogP contribution in [0.5, 0.6) is 0 Å². The lowest BCUT2D eigenvalue weighted by molar-refractivity contribution is 1.19. The van der Waals surface area contributed by atoms with Crippen LogP contribution in [0.15, 0.2) is 231 Å². The van der Waals surface area contributed by atoms with Gasteiger partial charge in [0, 0.05) is 44.5 Å². The van der Waals surface area contributed by atoms with E-state index in [0.29, 0.717) is 0 Å². The number of aromatic nitrogens is 1. The van der Waals surface area contributed by atoms with Crippen LogP contribution in [0, 0.1) is 0 Å². The van der Waals surface area contributed by atoms with Crippen LogP contribution in [0.3, 0.4) is 0 Å². The average Bonchev–Trinajstić information content (AvgIpc) is 3.64. The minimum absolute atomic E-state index is 1.09. The molecule has 2 nitrogen and oxygen atoms in total. The van der Waals surface area contributed by atoms with Crippen LogP contribution >= 0.6 is 0 Å². The maximum atomic E-state index is 2.50. The Bertz CT molecular complexity index is 3140. The summed E-state index contributed by atoms with van der Waals surface area (Å²) in [5, 5.41) is 7.45. The van der Waals surface area contributed by atoms with Gasteiger partial charge in [0.2, 0.25) is 0 Å². The Morgan fingerprint density at radius 2 is 0.724 bits per heavy atom. The van der Waals surface area contributed by atoms with E-state index < -0.39 is 0 Å². The summed E-state index contributed by atoms with van der Waals surface area (Å²) < 4.78 is 2.50. The van der Waals surface area contributed by atoms with Gasteiger partial charge < -0.3 is 9.47 Å². The fraction of sp³-hybridized carbons (Fsp3) is 0. The molecule has 0 N–H and O–H groups in total. The van der Waals surface area contributed by atoms with Gasteiger partial charge in [-0.2, -0.15) is 0 Å². The summed E-state index contributed by atoms with van der Waals surface area (Å²) in [7, 11) is 0. The van der Waals surface area contributed by atoms with Gasteiger partial charge in [0.1, 0.15) is 0 Å². The zero-order valence-electron chi connectivity index (χ0n) is 31.8. The van der Waals surface area contributed by atoms with Crippen LogP contribution in [-0.4, -0.2) is 4.57 Å². The van der Waals surface area contributed by atoms with Crippen molar-refractivity contribution in [1.82, 2.24) is 4.57 Å². The molecule has 11 rings (SSSR count). The van der Waals surface area contributed by atoms with Crippen molar-refractivity contribution in [1.29, 1.82) is 0 Å². The largest absolute Gasteiger partial charge is 0.311 e. The van der Waals surface area contributed by atoms with Crippen molar-refractivity contribution < 1.29 is 0 Å². The molecule has 0 unspecified atom stereocenters. The Morgan fingerprint density at radius 1 is 0.276 bits per heavy atom. The van der Waals surface area contributed by atoms with E-state index in [1.165, 1.54) is 76.7 Å². The average molecular weight is 739 g/mol. The molecule has 0 spiro atoms. The third kappa shape index (κ3) is 5.74. The van der Waals surface area contributed by atoms with Crippen LogP contribution in [-0.2, 0) is 0 Å². The second-order valence-electron chi connectivity index (χ2n) is 14.9. The zero-order valence-corrected chi connectivity index (χ0v) is 31.8. The molecule has 0 amide bonds. The molecular formula is C56H38N2. The molecule has 0 aliphatic rings. The lowest BCUT2D eigenvalue weighted by Crippen LogP contribution is -2.09. The molecule has 0 aliphatic carbocycles. The van der Waals surface area contributed by atoms with Crippen molar-refractivity contribution in [2.45, 2.75) is 0 Å². The first-order valence-corrected chi connectivity index (χ1v) is 19.9. The van der Waals surface area contributed by atoms with Crippen LogP contribution < -0.4 is 4.90 Å². The topological polar surface area (TPSA) is 8.17 Å². The number of rotatable bonds is 7. The highest BCUT2D eigenvalue weighted by Crippen LogP contribution is 2.45. The Kier molecular flexibility index (Phi) is 8.19. The van der Waals surface area contributed by atoms with Gasteiger partial charge in [-0.3, -0.25) is 0 Å². The maximum Gasteiger partial charge on any atom is 0.0626 e. The second kappa shape index (κ2) is 14.1. The van der Waals surface area contributed by atoms with Crippen molar-refractivity contribution in [2.75, 3.05) is 4.90 Å². The van der Waals surface area contributed by atoms with Crippen LogP contribution in [0.2, 0.25) is 0 Å². The summed E-state index contributed by atoms with van der Waals surface area (Å²) in [6, 6.07) is 83.6. The van der Waals surface area contributed by atoms with Gasteiger partial charge in [-0.25, -0.2) is 0 Å². The Hall–Kier alpha value is -7.68. The van der Waals surface area contributed by atoms with Gasteiger partial charge in [0.05, 0.1) is 11.0 Å². The van der Waals surface area contributed by atoms with E-state index in [1.807, 2.05) is 0 Å². The summed E-state index contributed by atoms with van der Waals surface area (Å²) in [6.45, 7) is 0. The van der Waals surface area contributed by atoms with Gasteiger partial charge in [0.15, 0.2) is 0 Å². The van der Waals surface area contributed by atoms with Crippen LogP contribution in [0.4, 0.5) is 17.1 Å². The first-order valence-electron chi connectivity index (χ1n) is 19.9. The third-order valence-corrected chi connectivity index (χ3v) is 11.6. The summed E-state index contributed by atoms with van der Waals surface area (Å²) in [5.74, 6) is 0. The number of hydrogen-bond acceptors (Lipinski definition) is 1. The van der Waals surface area contributed by atoms with E-state index in [9.17, 15) is 0 Å². The first-order chi connectivity index (χ1) is 28.8. The van der Waals surface area contributed by atoms with Gasteiger partial charge in [-0.05, 0) is 98.6 Å². The monoisotopic (exact) mass is 738 g/mol. The predicted molar refractivity (Wildman–Crippen MR) is 247 cm³/mol. The zero-order chi connectivity index (χ0) is 38.4. The molecule has 11 aromatic rings. The highest BCUT2D eigenvalue weighted by molar-refractivity contribution is 6.25. The maximum absolute atomic E-state index is 2.50. The standard InChI is InChI=1S/C56H38N2/c1-4-14-39(15-5-1)41-24-31-47(32-25-41)57(48-33-26-42(27-34-48)40-16-6-2-7-17-40)49-35-28-44(29-36-49)54-50-22-12-11-19-45(50)38-53-52-37-30-43-18-10-13-23-51(43)55(52)58(56(53)54)46-20-8-3-9-21-46/h1-38H. The smallest absolute Gasteiger partial charge is 0.0626 e. The third-order valence-electron chi connectivity index (χ3n) is 11.6. The summed E-state index contributed by atoms with van der Waals surface area (Å²) in [5.41, 5.74) is 14.1. The van der Waals surface area contributed by atoms with Gasteiger partial charge in [0.25, 0.3) is 0 Å². The molecule has 0 atom stereocenters. The van der Waals surface area contributed by atoms with E-state index in [1.54, 1.807) is 0 Å². The molecule has 0 saturated heterocycles. The lowest BCUT2D eigenvalue weighted by atomic mass is 9.94. The van der Waals surface area contributed by atoms with E-state index in [2.05, 4.69) is 240 Å². The Morgan fingerprint density at radius 3 is 1.29 bits per heavy atom. The van der Waals surface area contributed by atoms with E-state index >= 15 is 0 Å². The highest BCUT2D eigenvalue weighted by atomic mass is 15.1. The number of nitrogens with zero attached hydrogens (tertiary/aromatic N) is 2. The number of para-hydroxylation sites is 1. The number of benzene rings is 10. The molecule has 2 heteroatoms. The van der Waals surface area contributed by atoms with Crippen molar-refractivity contribution >= 4 is 60.4 Å². The summed E-state index contributed by atoms with van der Waals surface area (Å²) >= 11 is 0. The minimum atomic E-state index is 1.09. The quantitative estimate of drug-likeness (QED) is 0.158. The summed E-state index contributed by atoms with van der Waals surface area (Å²) in [4.78, 5) is 2.36. The molecule has 10 aromatic carbocycles. The molecule has 0 saturated carbocycles. The number of hydrogen-bond donors (Lipinski definition) is 0. The predicted octanol–water partition coefficient (Wildman–Crippen LogP) is 15.6.